The van der Waals surface area contributed by atoms with E-state index in [-0.39, 0.29) is 31.4 Å². The molecule has 0 atom stereocenters. The van der Waals surface area contributed by atoms with E-state index in [1.807, 2.05) is 31.2 Å². The van der Waals surface area contributed by atoms with Crippen molar-refractivity contribution in [1.82, 2.24) is 4.90 Å². The first-order chi connectivity index (χ1) is 16.9. The fourth-order valence-electron chi connectivity index (χ4n) is 4.21. The number of anilines is 2. The quantitative estimate of drug-likeness (QED) is 0.557. The van der Waals surface area contributed by atoms with E-state index in [1.165, 1.54) is 0 Å². The zero-order valence-electron chi connectivity index (χ0n) is 19.1. The topological polar surface area (TPSA) is 96.0 Å². The summed E-state index contributed by atoms with van der Waals surface area (Å²) in [5.74, 6) is -0.758. The van der Waals surface area contributed by atoms with Crippen molar-refractivity contribution in [1.29, 1.82) is 0 Å². The molecule has 176 valence electrons. The second kappa shape index (κ2) is 9.06. The normalized spacial score (nSPS) is 14.5. The van der Waals surface area contributed by atoms with E-state index in [1.54, 1.807) is 47.4 Å². The highest BCUT2D eigenvalue weighted by atomic mass is 16.5. The number of nitrogens with one attached hydrogen (secondary N) is 1. The van der Waals surface area contributed by atoms with Gasteiger partial charge in [-0.15, -0.1) is 0 Å². The van der Waals surface area contributed by atoms with Gasteiger partial charge in [0.1, 0.15) is 5.75 Å². The molecule has 0 saturated carbocycles. The summed E-state index contributed by atoms with van der Waals surface area (Å²) in [7, 11) is 0. The lowest BCUT2D eigenvalue weighted by Gasteiger charge is -2.30. The number of aryl methyl sites for hydroxylation is 1. The summed E-state index contributed by atoms with van der Waals surface area (Å²) in [6, 6.07) is 19.6. The number of imide groups is 1. The van der Waals surface area contributed by atoms with Crippen LogP contribution in [0.25, 0.3) is 0 Å². The van der Waals surface area contributed by atoms with Crippen molar-refractivity contribution in [2.75, 3.05) is 23.4 Å². The van der Waals surface area contributed by atoms with Gasteiger partial charge in [0.25, 0.3) is 17.7 Å². The second-order valence-electron chi connectivity index (χ2n) is 8.54. The molecular formula is C27H23N3O5. The van der Waals surface area contributed by atoms with Gasteiger partial charge < -0.3 is 15.0 Å². The molecule has 2 aliphatic heterocycles. The molecule has 0 bridgehead atoms. The van der Waals surface area contributed by atoms with Crippen LogP contribution in [0.2, 0.25) is 0 Å². The van der Waals surface area contributed by atoms with Crippen molar-refractivity contribution in [3.63, 3.8) is 0 Å². The minimum atomic E-state index is -0.394. The summed E-state index contributed by atoms with van der Waals surface area (Å²) >= 11 is 0. The van der Waals surface area contributed by atoms with Crippen LogP contribution in [0.1, 0.15) is 38.3 Å². The maximum Gasteiger partial charge on any atom is 0.265 e. The Labute approximate surface area is 202 Å². The van der Waals surface area contributed by atoms with Gasteiger partial charge >= 0.3 is 0 Å². The fourth-order valence-corrected chi connectivity index (χ4v) is 4.21. The van der Waals surface area contributed by atoms with Gasteiger partial charge in [0.05, 0.1) is 23.4 Å². The van der Waals surface area contributed by atoms with Crippen molar-refractivity contribution < 1.29 is 23.9 Å². The Kier molecular flexibility index (Phi) is 5.78. The molecule has 1 N–H and O–H groups in total. The smallest absolute Gasteiger partial charge is 0.265 e. The SMILES string of the molecule is Cc1ccc(CN2C(=O)COc3ccc(NC(=O)CCN4C(=O)c5ccccc5C4=O)cc32)cc1. The van der Waals surface area contributed by atoms with E-state index in [0.29, 0.717) is 34.8 Å². The highest BCUT2D eigenvalue weighted by molar-refractivity contribution is 6.21. The number of fused-ring (bicyclic) bond motifs is 2. The van der Waals surface area contributed by atoms with Gasteiger partial charge in [0.15, 0.2) is 6.61 Å². The standard InChI is InChI=1S/C27H23N3O5/c1-17-6-8-18(9-7-17)15-30-22-14-19(10-11-23(22)35-16-25(30)32)28-24(31)12-13-29-26(33)20-4-2-3-5-21(20)27(29)34/h2-11,14H,12-13,15-16H2,1H3,(H,28,31). The van der Waals surface area contributed by atoms with Crippen LogP contribution in [-0.4, -0.2) is 41.7 Å². The van der Waals surface area contributed by atoms with Crippen LogP contribution in [0.3, 0.4) is 0 Å². The molecule has 35 heavy (non-hydrogen) atoms. The molecule has 3 aromatic carbocycles. The summed E-state index contributed by atoms with van der Waals surface area (Å²) in [5.41, 5.74) is 3.88. The Morgan fingerprint density at radius 2 is 1.60 bits per heavy atom. The molecule has 3 aromatic rings. The van der Waals surface area contributed by atoms with E-state index >= 15 is 0 Å². The number of carbonyl (C=O) groups excluding carboxylic acids is 4. The van der Waals surface area contributed by atoms with E-state index in [9.17, 15) is 19.2 Å². The summed E-state index contributed by atoms with van der Waals surface area (Å²) in [4.78, 5) is 52.9. The molecule has 8 nitrogen and oxygen atoms in total. The summed E-state index contributed by atoms with van der Waals surface area (Å²) in [6.45, 7) is 2.31. The molecule has 2 heterocycles. The maximum atomic E-state index is 12.6. The highest BCUT2D eigenvalue weighted by Gasteiger charge is 2.35. The van der Waals surface area contributed by atoms with Gasteiger partial charge in [0.2, 0.25) is 5.91 Å². The van der Waals surface area contributed by atoms with Crippen LogP contribution in [-0.2, 0) is 16.1 Å². The average Bonchev–Trinajstić information content (AvgIpc) is 3.10. The first-order valence-corrected chi connectivity index (χ1v) is 11.3. The van der Waals surface area contributed by atoms with Crippen molar-refractivity contribution in [3.8, 4) is 5.75 Å². The molecule has 0 saturated heterocycles. The van der Waals surface area contributed by atoms with Gasteiger partial charge in [-0.1, -0.05) is 42.0 Å². The Hall–Kier alpha value is -4.46. The number of hydrogen-bond donors (Lipinski definition) is 1. The van der Waals surface area contributed by atoms with Crippen LogP contribution in [0.4, 0.5) is 11.4 Å². The predicted octanol–water partition coefficient (Wildman–Crippen LogP) is 3.55. The van der Waals surface area contributed by atoms with Gasteiger partial charge in [0, 0.05) is 18.7 Å². The lowest BCUT2D eigenvalue weighted by atomic mass is 10.1. The Bertz CT molecular complexity index is 1310. The zero-order chi connectivity index (χ0) is 24.5. The molecule has 0 aliphatic carbocycles. The van der Waals surface area contributed by atoms with E-state index in [0.717, 1.165) is 16.0 Å². The molecule has 0 spiro atoms. The molecule has 2 aliphatic rings. The van der Waals surface area contributed by atoms with Gasteiger partial charge in [-0.2, -0.15) is 0 Å². The minimum absolute atomic E-state index is 0.0235. The molecule has 8 heteroatoms. The second-order valence-corrected chi connectivity index (χ2v) is 8.54. The minimum Gasteiger partial charge on any atom is -0.482 e. The molecule has 0 fully saturated rings. The number of carbonyl (C=O) groups is 4. The first kappa shape index (κ1) is 22.3. The van der Waals surface area contributed by atoms with Crippen LogP contribution >= 0.6 is 0 Å². The van der Waals surface area contributed by atoms with E-state index in [4.69, 9.17) is 4.74 Å². The molecule has 0 radical (unpaired) electrons. The number of nitrogens with zero attached hydrogens (tertiary/aromatic N) is 2. The van der Waals surface area contributed by atoms with Crippen LogP contribution in [0.15, 0.2) is 66.7 Å². The monoisotopic (exact) mass is 469 g/mol. The largest absolute Gasteiger partial charge is 0.482 e. The summed E-state index contributed by atoms with van der Waals surface area (Å²) < 4.78 is 5.57. The Balaban J connectivity index is 1.27. The van der Waals surface area contributed by atoms with Crippen LogP contribution in [0, 0.1) is 6.92 Å². The van der Waals surface area contributed by atoms with Crippen LogP contribution < -0.4 is 15.0 Å². The Morgan fingerprint density at radius 3 is 2.29 bits per heavy atom. The molecule has 0 unspecified atom stereocenters. The van der Waals surface area contributed by atoms with Crippen LogP contribution in [0.5, 0.6) is 5.75 Å². The number of amides is 4. The molecule has 0 aromatic heterocycles. The fraction of sp³-hybridized carbons (Fsp3) is 0.185. The zero-order valence-corrected chi connectivity index (χ0v) is 19.1. The predicted molar refractivity (Wildman–Crippen MR) is 129 cm³/mol. The molecular weight excluding hydrogens is 446 g/mol. The van der Waals surface area contributed by atoms with Crippen molar-refractivity contribution >= 4 is 35.0 Å². The van der Waals surface area contributed by atoms with Gasteiger partial charge in [-0.25, -0.2) is 0 Å². The summed E-state index contributed by atoms with van der Waals surface area (Å²) in [6.07, 6.45) is -0.0505. The number of rotatable bonds is 6. The van der Waals surface area contributed by atoms with Crippen molar-refractivity contribution in [2.45, 2.75) is 19.9 Å². The van der Waals surface area contributed by atoms with Crippen molar-refractivity contribution in [3.05, 3.63) is 89.0 Å². The third-order valence-corrected chi connectivity index (χ3v) is 6.09. The lowest BCUT2D eigenvalue weighted by Crippen LogP contribution is -2.38. The van der Waals surface area contributed by atoms with Gasteiger partial charge in [-0.3, -0.25) is 24.1 Å². The van der Waals surface area contributed by atoms with E-state index in [2.05, 4.69) is 5.32 Å². The third-order valence-electron chi connectivity index (χ3n) is 6.09. The number of hydrogen-bond acceptors (Lipinski definition) is 5. The summed E-state index contributed by atoms with van der Waals surface area (Å²) in [5, 5.41) is 2.79. The molecule has 4 amide bonds. The third kappa shape index (κ3) is 4.38. The Morgan fingerprint density at radius 1 is 0.914 bits per heavy atom. The lowest BCUT2D eigenvalue weighted by molar-refractivity contribution is -0.121. The van der Waals surface area contributed by atoms with E-state index < -0.39 is 11.8 Å². The average molecular weight is 469 g/mol. The highest BCUT2D eigenvalue weighted by Crippen LogP contribution is 2.35. The first-order valence-electron chi connectivity index (χ1n) is 11.3. The molecule has 5 rings (SSSR count). The maximum absolute atomic E-state index is 12.6. The van der Waals surface area contributed by atoms with Gasteiger partial charge in [-0.05, 0) is 42.8 Å². The number of benzene rings is 3. The number of ether oxygens (including phenoxy) is 1. The van der Waals surface area contributed by atoms with Crippen molar-refractivity contribution in [2.24, 2.45) is 0 Å².